The molecule has 0 aliphatic heterocycles. The average Bonchev–Trinajstić information content (AvgIpc) is 0.778. The van der Waals surface area contributed by atoms with E-state index in [0.717, 1.165) is 178 Å². The van der Waals surface area contributed by atoms with Crippen LogP contribution < -0.4 is 0 Å². The van der Waals surface area contributed by atoms with Gasteiger partial charge in [-0.15, -0.1) is 0 Å². The predicted octanol–water partition coefficient (Wildman–Crippen LogP) is 24.5. The quantitative estimate of drug-likeness (QED) is 0.0429. The van der Waals surface area contributed by atoms with Crippen molar-refractivity contribution in [2.45, 2.75) is 205 Å². The van der Waals surface area contributed by atoms with E-state index in [-0.39, 0.29) is 34.1 Å². The van der Waals surface area contributed by atoms with Crippen LogP contribution in [0.3, 0.4) is 0 Å². The minimum atomic E-state index is -1.54. The first kappa shape index (κ1) is 96.9. The van der Waals surface area contributed by atoms with Crippen molar-refractivity contribution in [3.63, 3.8) is 0 Å². The van der Waals surface area contributed by atoms with Gasteiger partial charge in [-0.2, -0.15) is 10.5 Å². The molecule has 0 radical (unpaired) electrons. The second-order valence-corrected chi connectivity index (χ2v) is 31.2. The summed E-state index contributed by atoms with van der Waals surface area (Å²) in [5.41, 5.74) is 45.9. The standard InChI is InChI=1S/4C25H28O2.2C2H3N.2Fe/c4*1-14-10-16(3)22(17(4)11-14)20-8-7-9-21(24(20)25(26)27)23-18(5)12-15(2)13-19(23)6;2*1-2-3;;/h4*7-13,25-27H,1-6H3;2*1H3;;. The van der Waals surface area contributed by atoms with E-state index in [9.17, 15) is 40.9 Å². The molecular weight excluding hydrogens is 1520 g/mol. The van der Waals surface area contributed by atoms with E-state index in [4.69, 9.17) is 10.5 Å². The summed E-state index contributed by atoms with van der Waals surface area (Å²) in [7, 11) is 0. The monoisotopic (exact) mass is 1630 g/mol. The molecule has 12 aromatic carbocycles. The summed E-state index contributed by atoms with van der Waals surface area (Å²) in [6.45, 7) is 52.8. The molecule has 0 spiro atoms. The van der Waals surface area contributed by atoms with Gasteiger partial charge in [0, 0.05) is 70.2 Å². The molecule has 10 nitrogen and oxygen atoms in total. The number of nitrogens with zero attached hydrogens (tertiary/aromatic N) is 2. The fraction of sp³-hybridized carbons (Fsp3) is 0.288. The van der Waals surface area contributed by atoms with Crippen LogP contribution in [0.2, 0.25) is 0 Å². The molecule has 0 atom stereocenters. The van der Waals surface area contributed by atoms with Gasteiger partial charge in [-0.1, -0.05) is 214 Å². The molecular formula is C104H118Fe2N2O8. The van der Waals surface area contributed by atoms with E-state index < -0.39 is 25.2 Å². The van der Waals surface area contributed by atoms with Gasteiger partial charge in [0.25, 0.3) is 0 Å². The Kier molecular flexibility index (Phi) is 35.5. The van der Waals surface area contributed by atoms with Gasteiger partial charge in [-0.25, -0.2) is 0 Å². The van der Waals surface area contributed by atoms with E-state index in [1.54, 1.807) is 12.1 Å². The van der Waals surface area contributed by atoms with E-state index in [0.29, 0.717) is 22.3 Å². The second-order valence-electron chi connectivity index (χ2n) is 31.2. The summed E-state index contributed by atoms with van der Waals surface area (Å²) in [5, 5.41) is 97.3. The van der Waals surface area contributed by atoms with Gasteiger partial charge >= 0.3 is 0 Å². The SMILES string of the molecule is CC#N.CC#N.Cc1cc(C)c(-c2cccc(-c3c(C)cc(C)cc3C)c2C(O)O)c(C)c1.Cc1cc(C)c(-c2cccc(-c3c(C)cc(C)cc3C)c2C(O)O)c(C)c1.Cc1cc(C)c(-c2cccc(-c3c(C)cc(C)cc3C)c2C(O)O)c(C)c1.Cc1cc(C)c(-c2cccc(-c3c(C)cc(C)cc3C)c2C(O)O)c(C)c1.[Fe].[Fe]. The van der Waals surface area contributed by atoms with Crippen molar-refractivity contribution >= 4 is 0 Å². The Bertz CT molecular complexity index is 4470. The zero-order valence-corrected chi connectivity index (χ0v) is 74.9. The summed E-state index contributed by atoms with van der Waals surface area (Å²) in [6, 6.07) is 61.7. The van der Waals surface area contributed by atoms with Gasteiger partial charge in [0.05, 0.1) is 12.1 Å². The average molecular weight is 1640 g/mol. The molecule has 0 heterocycles. The molecule has 0 aliphatic rings. The normalized spacial score (nSPS) is 10.7. The van der Waals surface area contributed by atoms with Crippen LogP contribution in [0.1, 0.15) is 195 Å². The summed E-state index contributed by atoms with van der Waals surface area (Å²) in [5.74, 6) is 0. The van der Waals surface area contributed by atoms with Crippen molar-refractivity contribution in [2.24, 2.45) is 0 Å². The molecule has 12 heteroatoms. The van der Waals surface area contributed by atoms with E-state index in [1.807, 2.05) is 72.8 Å². The molecule has 0 unspecified atom stereocenters. The van der Waals surface area contributed by atoms with Gasteiger partial charge < -0.3 is 40.9 Å². The molecule has 8 N–H and O–H groups in total. The fourth-order valence-corrected chi connectivity index (χ4v) is 18.0. The molecule has 0 saturated carbocycles. The third kappa shape index (κ3) is 22.5. The summed E-state index contributed by atoms with van der Waals surface area (Å²) in [4.78, 5) is 0. The van der Waals surface area contributed by atoms with Crippen molar-refractivity contribution in [3.8, 4) is 101 Å². The van der Waals surface area contributed by atoms with Crippen LogP contribution in [0.4, 0.5) is 0 Å². The van der Waals surface area contributed by atoms with Crippen LogP contribution in [0.15, 0.2) is 170 Å². The third-order valence-electron chi connectivity index (χ3n) is 21.0. The number of aliphatic hydroxyl groups is 8. The van der Waals surface area contributed by atoms with Crippen LogP contribution in [-0.2, 0) is 34.1 Å². The molecule has 12 aromatic rings. The maximum atomic E-state index is 10.3. The molecule has 0 aliphatic carbocycles. The van der Waals surface area contributed by atoms with Crippen molar-refractivity contribution in [1.29, 1.82) is 10.5 Å². The predicted molar refractivity (Wildman–Crippen MR) is 474 cm³/mol. The fourth-order valence-electron chi connectivity index (χ4n) is 18.0. The number of hydrogen-bond acceptors (Lipinski definition) is 10. The number of rotatable bonds is 12. The van der Waals surface area contributed by atoms with Crippen LogP contribution in [0.5, 0.6) is 0 Å². The molecule has 0 amide bonds. The number of nitriles is 2. The van der Waals surface area contributed by atoms with E-state index >= 15 is 0 Å². The first-order chi connectivity index (χ1) is 53.6. The maximum Gasteiger partial charge on any atom is 0.179 e. The molecule has 0 bridgehead atoms. The van der Waals surface area contributed by atoms with E-state index in [1.165, 1.54) is 58.4 Å². The maximum absolute atomic E-state index is 10.3. The topological polar surface area (TPSA) is 209 Å². The van der Waals surface area contributed by atoms with Crippen molar-refractivity contribution < 1.29 is 75.0 Å². The largest absolute Gasteiger partial charge is 0.364 e. The zero-order chi connectivity index (χ0) is 84.9. The van der Waals surface area contributed by atoms with Gasteiger partial charge in [0.15, 0.2) is 25.2 Å². The van der Waals surface area contributed by atoms with Gasteiger partial charge in [-0.3, -0.25) is 0 Å². The molecule has 12 rings (SSSR count). The third-order valence-corrected chi connectivity index (χ3v) is 21.0. The van der Waals surface area contributed by atoms with Crippen LogP contribution >= 0.6 is 0 Å². The first-order valence-corrected chi connectivity index (χ1v) is 38.9. The number of hydrogen-bond donors (Lipinski definition) is 8. The molecule has 608 valence electrons. The minimum absolute atomic E-state index is 0. The second kappa shape index (κ2) is 42.5. The number of aliphatic hydroxyl groups excluding tert-OH is 4. The first-order valence-electron chi connectivity index (χ1n) is 38.9. The Hall–Kier alpha value is -9.66. The summed E-state index contributed by atoms with van der Waals surface area (Å²) < 4.78 is 0. The Labute approximate surface area is 712 Å². The van der Waals surface area contributed by atoms with Gasteiger partial charge in [0.2, 0.25) is 0 Å². The van der Waals surface area contributed by atoms with Crippen molar-refractivity contribution in [3.05, 3.63) is 326 Å². The Balaban J connectivity index is 0.000000268. The van der Waals surface area contributed by atoms with Crippen LogP contribution in [-0.4, -0.2) is 40.9 Å². The number of aryl methyl sites for hydroxylation is 24. The molecule has 0 aromatic heterocycles. The molecule has 0 saturated heterocycles. The minimum Gasteiger partial charge on any atom is -0.364 e. The van der Waals surface area contributed by atoms with Crippen LogP contribution in [0, 0.1) is 189 Å². The Morgan fingerprint density at radius 1 is 0.190 bits per heavy atom. The Morgan fingerprint density at radius 3 is 0.336 bits per heavy atom. The van der Waals surface area contributed by atoms with Crippen molar-refractivity contribution in [2.75, 3.05) is 0 Å². The Morgan fingerprint density at radius 2 is 0.267 bits per heavy atom. The molecule has 0 fully saturated rings. The smallest absolute Gasteiger partial charge is 0.179 e. The zero-order valence-electron chi connectivity index (χ0n) is 72.7. The number of benzene rings is 12. The van der Waals surface area contributed by atoms with Crippen LogP contribution in [0.25, 0.3) is 89.0 Å². The summed E-state index contributed by atoms with van der Waals surface area (Å²) >= 11 is 0. The van der Waals surface area contributed by atoms with Gasteiger partial charge in [-0.05, 0) is 344 Å². The molecule has 116 heavy (non-hydrogen) atoms. The van der Waals surface area contributed by atoms with E-state index in [2.05, 4.69) is 263 Å². The van der Waals surface area contributed by atoms with Crippen molar-refractivity contribution in [1.82, 2.24) is 0 Å². The van der Waals surface area contributed by atoms with Gasteiger partial charge in [0.1, 0.15) is 0 Å². The summed E-state index contributed by atoms with van der Waals surface area (Å²) in [6.07, 6.45) is -6.18.